The van der Waals surface area contributed by atoms with Gasteiger partial charge in [0.25, 0.3) is 0 Å². The fourth-order valence-corrected chi connectivity index (χ4v) is 2.55. The van der Waals surface area contributed by atoms with Gasteiger partial charge in [0.2, 0.25) is 0 Å². The molecule has 1 saturated heterocycles. The van der Waals surface area contributed by atoms with Crippen LogP contribution >= 0.6 is 0 Å². The topological polar surface area (TPSA) is 43.8 Å². The Labute approximate surface area is 114 Å². The monoisotopic (exact) mass is 262 g/mol. The van der Waals surface area contributed by atoms with E-state index in [0.29, 0.717) is 0 Å². The van der Waals surface area contributed by atoms with Crippen LogP contribution in [0.5, 0.6) is 0 Å². The maximum absolute atomic E-state index is 11.0. The van der Waals surface area contributed by atoms with E-state index in [2.05, 4.69) is 34.1 Å². The SMILES string of the molecule is CC(C(=O)O)C(C)N1CCN(c2ccccc2)CC1. The second-order valence-corrected chi connectivity index (χ2v) is 5.23. The molecule has 0 amide bonds. The standard InChI is InChI=1S/C15H22N2O2/c1-12(15(18)19)13(2)16-8-10-17(11-9-16)14-6-4-3-5-7-14/h3-7,12-13H,8-11H2,1-2H3,(H,18,19). The number of hydrogen-bond donors (Lipinski definition) is 1. The molecule has 1 aromatic carbocycles. The van der Waals surface area contributed by atoms with Gasteiger partial charge in [0.15, 0.2) is 0 Å². The zero-order valence-electron chi connectivity index (χ0n) is 11.6. The molecule has 0 aliphatic carbocycles. The van der Waals surface area contributed by atoms with Crippen LogP contribution in [0.25, 0.3) is 0 Å². The normalized spacial score (nSPS) is 20.0. The van der Waals surface area contributed by atoms with Crippen LogP contribution in [0, 0.1) is 5.92 Å². The zero-order chi connectivity index (χ0) is 13.8. The molecule has 2 rings (SSSR count). The van der Waals surface area contributed by atoms with Crippen molar-refractivity contribution in [2.75, 3.05) is 31.1 Å². The lowest BCUT2D eigenvalue weighted by Crippen LogP contribution is -2.52. The summed E-state index contributed by atoms with van der Waals surface area (Å²) in [5.74, 6) is -1.03. The first-order valence-electron chi connectivity index (χ1n) is 6.86. The van der Waals surface area contributed by atoms with Crippen molar-refractivity contribution in [3.63, 3.8) is 0 Å². The lowest BCUT2D eigenvalue weighted by atomic mass is 10.0. The Hall–Kier alpha value is -1.55. The lowest BCUT2D eigenvalue weighted by Gasteiger charge is -2.40. The average molecular weight is 262 g/mol. The summed E-state index contributed by atoms with van der Waals surface area (Å²) < 4.78 is 0. The fraction of sp³-hybridized carbons (Fsp3) is 0.533. The number of piperazine rings is 1. The Morgan fingerprint density at radius 2 is 1.68 bits per heavy atom. The van der Waals surface area contributed by atoms with Gasteiger partial charge >= 0.3 is 5.97 Å². The number of rotatable bonds is 4. The van der Waals surface area contributed by atoms with Gasteiger partial charge in [-0.2, -0.15) is 0 Å². The van der Waals surface area contributed by atoms with E-state index >= 15 is 0 Å². The smallest absolute Gasteiger partial charge is 0.307 e. The molecule has 4 nitrogen and oxygen atoms in total. The van der Waals surface area contributed by atoms with Crippen molar-refractivity contribution in [2.45, 2.75) is 19.9 Å². The minimum Gasteiger partial charge on any atom is -0.481 e. The van der Waals surface area contributed by atoms with Crippen molar-refractivity contribution in [1.29, 1.82) is 0 Å². The van der Waals surface area contributed by atoms with E-state index in [9.17, 15) is 4.79 Å². The molecule has 1 heterocycles. The van der Waals surface area contributed by atoms with Gasteiger partial charge in [0.1, 0.15) is 0 Å². The highest BCUT2D eigenvalue weighted by Crippen LogP contribution is 2.18. The van der Waals surface area contributed by atoms with Crippen molar-refractivity contribution in [1.82, 2.24) is 4.90 Å². The van der Waals surface area contributed by atoms with Crippen LogP contribution in [0.2, 0.25) is 0 Å². The minimum absolute atomic E-state index is 0.0930. The van der Waals surface area contributed by atoms with Gasteiger partial charge in [-0.15, -0.1) is 0 Å². The van der Waals surface area contributed by atoms with Gasteiger partial charge < -0.3 is 10.0 Å². The van der Waals surface area contributed by atoms with E-state index in [-0.39, 0.29) is 12.0 Å². The Bertz CT molecular complexity index is 413. The average Bonchev–Trinajstić information content (AvgIpc) is 2.46. The number of hydrogen-bond acceptors (Lipinski definition) is 3. The summed E-state index contributed by atoms with van der Waals surface area (Å²) in [7, 11) is 0. The summed E-state index contributed by atoms with van der Waals surface area (Å²) in [6.45, 7) is 7.57. The summed E-state index contributed by atoms with van der Waals surface area (Å²) >= 11 is 0. The number of anilines is 1. The summed E-state index contributed by atoms with van der Waals surface area (Å²) in [5.41, 5.74) is 1.25. The predicted molar refractivity (Wildman–Crippen MR) is 76.5 cm³/mol. The van der Waals surface area contributed by atoms with E-state index in [0.717, 1.165) is 26.2 Å². The fourth-order valence-electron chi connectivity index (χ4n) is 2.55. The molecular formula is C15H22N2O2. The molecule has 0 radical (unpaired) electrons. The van der Waals surface area contributed by atoms with Crippen LogP contribution in [0.15, 0.2) is 30.3 Å². The maximum atomic E-state index is 11.0. The zero-order valence-corrected chi connectivity index (χ0v) is 11.6. The second-order valence-electron chi connectivity index (χ2n) is 5.23. The van der Waals surface area contributed by atoms with Crippen molar-refractivity contribution < 1.29 is 9.90 Å². The summed E-state index contributed by atoms with van der Waals surface area (Å²) in [6.07, 6.45) is 0. The number of para-hydroxylation sites is 1. The Kier molecular flexibility index (Phi) is 4.43. The molecule has 1 N–H and O–H groups in total. The van der Waals surface area contributed by atoms with Gasteiger partial charge in [-0.25, -0.2) is 0 Å². The summed E-state index contributed by atoms with van der Waals surface area (Å²) in [6, 6.07) is 10.5. The van der Waals surface area contributed by atoms with Gasteiger partial charge in [-0.3, -0.25) is 9.69 Å². The van der Waals surface area contributed by atoms with Crippen LogP contribution in [-0.4, -0.2) is 48.2 Å². The van der Waals surface area contributed by atoms with E-state index < -0.39 is 5.97 Å². The number of benzene rings is 1. The van der Waals surface area contributed by atoms with Crippen molar-refractivity contribution >= 4 is 11.7 Å². The third kappa shape index (κ3) is 3.26. The number of carbonyl (C=O) groups is 1. The molecule has 0 saturated carbocycles. The third-order valence-electron chi connectivity index (χ3n) is 4.12. The molecule has 2 unspecified atom stereocenters. The van der Waals surface area contributed by atoms with Crippen LogP contribution in [0.1, 0.15) is 13.8 Å². The highest BCUT2D eigenvalue weighted by molar-refractivity contribution is 5.70. The highest BCUT2D eigenvalue weighted by atomic mass is 16.4. The Morgan fingerprint density at radius 1 is 1.11 bits per heavy atom. The van der Waals surface area contributed by atoms with Crippen LogP contribution in [-0.2, 0) is 4.79 Å². The minimum atomic E-state index is -0.710. The number of nitrogens with zero attached hydrogens (tertiary/aromatic N) is 2. The van der Waals surface area contributed by atoms with Gasteiger partial charge in [0, 0.05) is 37.9 Å². The molecule has 1 aromatic rings. The number of carboxylic acid groups (broad SMARTS) is 1. The van der Waals surface area contributed by atoms with E-state index in [4.69, 9.17) is 5.11 Å². The first kappa shape index (κ1) is 13.9. The second kappa shape index (κ2) is 6.06. The highest BCUT2D eigenvalue weighted by Gasteiger charge is 2.27. The van der Waals surface area contributed by atoms with Crippen LogP contribution in [0.3, 0.4) is 0 Å². The first-order valence-corrected chi connectivity index (χ1v) is 6.86. The predicted octanol–water partition coefficient (Wildman–Crippen LogP) is 1.92. The first-order chi connectivity index (χ1) is 9.09. The quantitative estimate of drug-likeness (QED) is 0.900. The summed E-state index contributed by atoms with van der Waals surface area (Å²) in [4.78, 5) is 15.7. The van der Waals surface area contributed by atoms with Crippen LogP contribution < -0.4 is 4.90 Å². The molecule has 1 fully saturated rings. The molecule has 2 atom stereocenters. The molecule has 104 valence electrons. The molecule has 0 aromatic heterocycles. The Morgan fingerprint density at radius 3 is 2.21 bits per heavy atom. The van der Waals surface area contributed by atoms with Gasteiger partial charge in [-0.05, 0) is 19.1 Å². The third-order valence-corrected chi connectivity index (χ3v) is 4.12. The molecule has 1 aliphatic rings. The molecule has 0 spiro atoms. The van der Waals surface area contributed by atoms with Crippen molar-refractivity contribution in [3.05, 3.63) is 30.3 Å². The van der Waals surface area contributed by atoms with Crippen molar-refractivity contribution in [3.8, 4) is 0 Å². The van der Waals surface area contributed by atoms with Crippen LogP contribution in [0.4, 0.5) is 5.69 Å². The lowest BCUT2D eigenvalue weighted by molar-refractivity contribution is -0.143. The number of carboxylic acids is 1. The Balaban J connectivity index is 1.91. The van der Waals surface area contributed by atoms with Gasteiger partial charge in [0.05, 0.1) is 5.92 Å². The van der Waals surface area contributed by atoms with Gasteiger partial charge in [-0.1, -0.05) is 25.1 Å². The number of aliphatic carboxylic acids is 1. The molecular weight excluding hydrogens is 240 g/mol. The van der Waals surface area contributed by atoms with E-state index in [1.807, 2.05) is 13.0 Å². The largest absolute Gasteiger partial charge is 0.481 e. The molecule has 19 heavy (non-hydrogen) atoms. The van der Waals surface area contributed by atoms with E-state index in [1.54, 1.807) is 6.92 Å². The summed E-state index contributed by atoms with van der Waals surface area (Å²) in [5, 5.41) is 9.08. The van der Waals surface area contributed by atoms with E-state index in [1.165, 1.54) is 5.69 Å². The molecule has 4 heteroatoms. The molecule has 1 aliphatic heterocycles. The van der Waals surface area contributed by atoms with Crippen molar-refractivity contribution in [2.24, 2.45) is 5.92 Å². The maximum Gasteiger partial charge on any atom is 0.307 e. The molecule has 0 bridgehead atoms.